The fourth-order valence-electron chi connectivity index (χ4n) is 2.63. The van der Waals surface area contributed by atoms with E-state index in [2.05, 4.69) is 19.1 Å². The van der Waals surface area contributed by atoms with E-state index >= 15 is 0 Å². The number of rotatable bonds is 4. The molecule has 0 fully saturated rings. The van der Waals surface area contributed by atoms with Crippen LogP contribution >= 0.6 is 34.7 Å². The first-order valence-corrected chi connectivity index (χ1v) is 11.5. The lowest BCUT2D eigenvalue weighted by Crippen LogP contribution is -2.54. The summed E-state index contributed by atoms with van der Waals surface area (Å²) >= 11 is 8.50. The number of nitrogens with two attached hydrogens (primary N) is 1. The normalized spacial score (nSPS) is 23.6. The maximum atomic E-state index is 12.7. The van der Waals surface area contributed by atoms with E-state index in [1.54, 1.807) is 13.1 Å². The standard InChI is InChI=1S/C15H18ClN5O3S3/c1-14(2)13(17)20-15(3,7-27(14,23)24)11-9(16)4-10(25-11)12(22)18-5-8-6-19-26-21-8/h4,6H,5,7H2,1-3H3,(H2,17,20)(H,18,22). The van der Waals surface area contributed by atoms with Gasteiger partial charge in [-0.05, 0) is 26.8 Å². The number of hydrogen-bond acceptors (Lipinski definition) is 9. The summed E-state index contributed by atoms with van der Waals surface area (Å²) in [5.74, 6) is -0.539. The first-order valence-electron chi connectivity index (χ1n) is 7.89. The third-order valence-electron chi connectivity index (χ3n) is 4.47. The van der Waals surface area contributed by atoms with Crippen molar-refractivity contribution in [1.29, 1.82) is 0 Å². The number of nitrogens with one attached hydrogen (secondary N) is 1. The summed E-state index contributed by atoms with van der Waals surface area (Å²) in [7, 11) is -3.56. The number of aromatic nitrogens is 2. The molecule has 12 heteroatoms. The molecule has 3 N–H and O–H groups in total. The number of amides is 1. The van der Waals surface area contributed by atoms with Crippen LogP contribution in [0, 0.1) is 0 Å². The van der Waals surface area contributed by atoms with Gasteiger partial charge in [0.1, 0.15) is 16.1 Å². The maximum Gasteiger partial charge on any atom is 0.261 e. The molecule has 3 rings (SSSR count). The van der Waals surface area contributed by atoms with Crippen LogP contribution in [-0.2, 0) is 21.9 Å². The van der Waals surface area contributed by atoms with E-state index < -0.39 is 20.1 Å². The van der Waals surface area contributed by atoms with Crippen LogP contribution in [0.25, 0.3) is 0 Å². The van der Waals surface area contributed by atoms with Crippen molar-refractivity contribution in [2.75, 3.05) is 5.75 Å². The van der Waals surface area contributed by atoms with Gasteiger partial charge in [-0.15, -0.1) is 11.3 Å². The second-order valence-electron chi connectivity index (χ2n) is 6.91. The Morgan fingerprint density at radius 1 is 1.41 bits per heavy atom. The number of sulfone groups is 1. The van der Waals surface area contributed by atoms with Gasteiger partial charge in [0, 0.05) is 0 Å². The van der Waals surface area contributed by atoms with Gasteiger partial charge >= 0.3 is 0 Å². The average molecular weight is 448 g/mol. The lowest BCUT2D eigenvalue weighted by molar-refractivity contribution is 0.0954. The van der Waals surface area contributed by atoms with E-state index in [1.807, 2.05) is 0 Å². The number of amidine groups is 1. The molecule has 8 nitrogen and oxygen atoms in total. The summed E-state index contributed by atoms with van der Waals surface area (Å²) in [5, 5.41) is 3.02. The van der Waals surface area contributed by atoms with Crippen molar-refractivity contribution in [3.63, 3.8) is 0 Å². The van der Waals surface area contributed by atoms with E-state index in [-0.39, 0.29) is 29.1 Å². The van der Waals surface area contributed by atoms with Gasteiger partial charge in [-0.25, -0.2) is 8.42 Å². The molecule has 0 spiro atoms. The van der Waals surface area contributed by atoms with Crippen molar-refractivity contribution in [2.24, 2.45) is 10.7 Å². The molecule has 0 aromatic carbocycles. The lowest BCUT2D eigenvalue weighted by Gasteiger charge is -2.37. The topological polar surface area (TPSA) is 127 Å². The Morgan fingerprint density at radius 2 is 2.11 bits per heavy atom. The van der Waals surface area contributed by atoms with Gasteiger partial charge in [0.05, 0.1) is 50.7 Å². The van der Waals surface area contributed by atoms with Crippen LogP contribution in [0.4, 0.5) is 0 Å². The zero-order chi connectivity index (χ0) is 20.0. The van der Waals surface area contributed by atoms with Crippen LogP contribution in [0.5, 0.6) is 0 Å². The molecule has 2 aromatic heterocycles. The largest absolute Gasteiger partial charge is 0.386 e. The summed E-state index contributed by atoms with van der Waals surface area (Å²) < 4.78 is 32.1. The Kier molecular flexibility index (Phi) is 5.08. The van der Waals surface area contributed by atoms with E-state index in [1.165, 1.54) is 19.9 Å². The third kappa shape index (κ3) is 3.60. The summed E-state index contributed by atoms with van der Waals surface area (Å²) in [6, 6.07) is 1.51. The first-order chi connectivity index (χ1) is 12.5. The van der Waals surface area contributed by atoms with Crippen molar-refractivity contribution in [3.8, 4) is 0 Å². The fraction of sp³-hybridized carbons (Fsp3) is 0.467. The zero-order valence-electron chi connectivity index (χ0n) is 14.8. The quantitative estimate of drug-likeness (QED) is 0.737. The van der Waals surface area contributed by atoms with Crippen LogP contribution in [0.1, 0.15) is 41.0 Å². The van der Waals surface area contributed by atoms with E-state index in [0.29, 0.717) is 15.4 Å². The number of nitrogens with zero attached hydrogens (tertiary/aromatic N) is 3. The van der Waals surface area contributed by atoms with Gasteiger partial charge in [-0.1, -0.05) is 11.6 Å². The molecule has 0 saturated heterocycles. The monoisotopic (exact) mass is 447 g/mol. The molecular formula is C15H18ClN5O3S3. The summed E-state index contributed by atoms with van der Waals surface area (Å²) in [4.78, 5) is 17.7. The predicted molar refractivity (Wildman–Crippen MR) is 107 cm³/mol. The van der Waals surface area contributed by atoms with E-state index in [4.69, 9.17) is 17.3 Å². The smallest absolute Gasteiger partial charge is 0.261 e. The van der Waals surface area contributed by atoms with Crippen LogP contribution in [-0.4, -0.2) is 39.4 Å². The SMILES string of the molecule is CC1(c2sc(C(=O)NCc3cnsn3)cc2Cl)CS(=O)(=O)C(C)(C)C(N)=N1. The van der Waals surface area contributed by atoms with Gasteiger partial charge < -0.3 is 11.1 Å². The average Bonchev–Trinajstić information content (AvgIpc) is 3.20. The molecule has 1 amide bonds. The molecule has 0 saturated carbocycles. The van der Waals surface area contributed by atoms with Crippen molar-refractivity contribution >= 4 is 56.2 Å². The van der Waals surface area contributed by atoms with Crippen molar-refractivity contribution < 1.29 is 13.2 Å². The zero-order valence-corrected chi connectivity index (χ0v) is 18.0. The second-order valence-corrected chi connectivity index (χ2v) is 11.5. The first kappa shape index (κ1) is 20.2. The van der Waals surface area contributed by atoms with E-state index in [9.17, 15) is 13.2 Å². The van der Waals surface area contributed by atoms with Gasteiger partial charge in [-0.2, -0.15) is 8.75 Å². The molecule has 3 heterocycles. The molecule has 0 radical (unpaired) electrons. The predicted octanol–water partition coefficient (Wildman–Crippen LogP) is 1.96. The molecule has 0 bridgehead atoms. The molecule has 2 aromatic rings. The number of hydrogen-bond donors (Lipinski definition) is 2. The number of carbonyl (C=O) groups is 1. The maximum absolute atomic E-state index is 12.7. The van der Waals surface area contributed by atoms with Crippen LogP contribution in [0.15, 0.2) is 17.3 Å². The Bertz CT molecular complexity index is 1010. The van der Waals surface area contributed by atoms with Crippen molar-refractivity contribution in [3.05, 3.63) is 32.7 Å². The Morgan fingerprint density at radius 3 is 2.70 bits per heavy atom. The summed E-state index contributed by atoms with van der Waals surface area (Å²) in [6.07, 6.45) is 1.57. The minimum absolute atomic E-state index is 0.0303. The third-order valence-corrected chi connectivity index (χ3v) is 9.49. The highest BCUT2D eigenvalue weighted by Gasteiger charge is 2.49. The minimum atomic E-state index is -3.56. The highest BCUT2D eigenvalue weighted by molar-refractivity contribution is 7.93. The Labute approximate surface area is 170 Å². The van der Waals surface area contributed by atoms with Gasteiger partial charge in [-0.3, -0.25) is 9.79 Å². The summed E-state index contributed by atoms with van der Waals surface area (Å²) in [6.45, 7) is 4.96. The van der Waals surface area contributed by atoms with E-state index in [0.717, 1.165) is 23.1 Å². The number of aliphatic imine (C=N–C) groups is 1. The molecule has 1 unspecified atom stereocenters. The van der Waals surface area contributed by atoms with Gasteiger partial charge in [0.15, 0.2) is 9.84 Å². The fourth-order valence-corrected chi connectivity index (χ4v) is 6.37. The molecule has 1 aliphatic heterocycles. The molecule has 27 heavy (non-hydrogen) atoms. The minimum Gasteiger partial charge on any atom is -0.386 e. The second kappa shape index (κ2) is 6.80. The van der Waals surface area contributed by atoms with Gasteiger partial charge in [0.2, 0.25) is 0 Å². The molecule has 1 aliphatic rings. The molecule has 0 aliphatic carbocycles. The lowest BCUT2D eigenvalue weighted by atomic mass is 10.0. The number of thiophene rings is 1. The van der Waals surface area contributed by atoms with Crippen molar-refractivity contribution in [1.82, 2.24) is 14.1 Å². The van der Waals surface area contributed by atoms with Gasteiger partial charge in [0.25, 0.3) is 5.91 Å². The van der Waals surface area contributed by atoms with Crippen LogP contribution in [0.2, 0.25) is 5.02 Å². The highest BCUT2D eigenvalue weighted by atomic mass is 35.5. The summed E-state index contributed by atoms with van der Waals surface area (Å²) in [5.41, 5.74) is 5.47. The number of carbonyl (C=O) groups excluding carboxylic acids is 1. The number of halogens is 1. The Hall–Kier alpha value is -1.56. The molecule has 1 atom stereocenters. The van der Waals surface area contributed by atoms with Crippen LogP contribution in [0.3, 0.4) is 0 Å². The highest BCUT2D eigenvalue weighted by Crippen LogP contribution is 2.43. The Balaban J connectivity index is 1.90. The molecule has 146 valence electrons. The van der Waals surface area contributed by atoms with Crippen LogP contribution < -0.4 is 11.1 Å². The van der Waals surface area contributed by atoms with Crippen molar-refractivity contribution in [2.45, 2.75) is 37.6 Å². The molecular weight excluding hydrogens is 430 g/mol.